The first-order valence-corrected chi connectivity index (χ1v) is 9.05. The standard InChI is InChI=1S/C16H15ClN2O2S2/c1-8-4-5-11(21-8)16-19-10(3)14(23-16)15(20)18-9(2)12-6-7-13(17)22-12/h4-7,9H,1-3H3,(H,18,20). The van der Waals surface area contributed by atoms with Crippen LogP contribution in [0.3, 0.4) is 0 Å². The summed E-state index contributed by atoms with van der Waals surface area (Å²) < 4.78 is 6.29. The lowest BCUT2D eigenvalue weighted by atomic mass is 10.2. The molecule has 1 amide bonds. The number of aromatic nitrogens is 1. The molecule has 1 atom stereocenters. The molecule has 0 aliphatic rings. The molecular weight excluding hydrogens is 352 g/mol. The fraction of sp³-hybridized carbons (Fsp3) is 0.250. The number of thiazole rings is 1. The number of thiophene rings is 1. The number of hydrogen-bond acceptors (Lipinski definition) is 5. The second kappa shape index (κ2) is 6.47. The summed E-state index contributed by atoms with van der Waals surface area (Å²) in [4.78, 5) is 18.6. The second-order valence-electron chi connectivity index (χ2n) is 5.18. The van der Waals surface area contributed by atoms with Crippen LogP contribution in [-0.2, 0) is 0 Å². The van der Waals surface area contributed by atoms with E-state index in [1.54, 1.807) is 0 Å². The lowest BCUT2D eigenvalue weighted by molar-refractivity contribution is 0.0944. The number of aryl methyl sites for hydroxylation is 2. The Morgan fingerprint density at radius 3 is 2.65 bits per heavy atom. The van der Waals surface area contributed by atoms with Crippen LogP contribution in [0.4, 0.5) is 0 Å². The summed E-state index contributed by atoms with van der Waals surface area (Å²) in [6.07, 6.45) is 0. The molecule has 0 bridgehead atoms. The lowest BCUT2D eigenvalue weighted by Gasteiger charge is -2.11. The Hall–Kier alpha value is -1.63. The van der Waals surface area contributed by atoms with Gasteiger partial charge in [0.15, 0.2) is 10.8 Å². The molecular formula is C16H15ClN2O2S2. The molecule has 1 unspecified atom stereocenters. The maximum Gasteiger partial charge on any atom is 0.263 e. The number of nitrogens with one attached hydrogen (secondary N) is 1. The van der Waals surface area contributed by atoms with Crippen LogP contribution in [-0.4, -0.2) is 10.9 Å². The first-order chi connectivity index (χ1) is 10.9. The highest BCUT2D eigenvalue weighted by molar-refractivity contribution is 7.17. The summed E-state index contributed by atoms with van der Waals surface area (Å²) in [5.74, 6) is 1.38. The van der Waals surface area contributed by atoms with Gasteiger partial charge in [0.25, 0.3) is 5.91 Å². The van der Waals surface area contributed by atoms with E-state index >= 15 is 0 Å². The third-order valence-corrected chi connectivity index (χ3v) is 5.91. The third-order valence-electron chi connectivity index (χ3n) is 3.32. The van der Waals surface area contributed by atoms with Crippen molar-refractivity contribution in [3.63, 3.8) is 0 Å². The fourth-order valence-electron chi connectivity index (χ4n) is 2.16. The van der Waals surface area contributed by atoms with E-state index in [0.717, 1.165) is 10.6 Å². The van der Waals surface area contributed by atoms with Crippen LogP contribution < -0.4 is 5.32 Å². The van der Waals surface area contributed by atoms with Crippen LogP contribution in [0.2, 0.25) is 4.34 Å². The molecule has 4 nitrogen and oxygen atoms in total. The van der Waals surface area contributed by atoms with Gasteiger partial charge in [-0.25, -0.2) is 4.98 Å². The zero-order valence-electron chi connectivity index (χ0n) is 12.8. The number of amides is 1. The molecule has 3 heterocycles. The van der Waals surface area contributed by atoms with Gasteiger partial charge in [-0.05, 0) is 45.0 Å². The molecule has 0 aliphatic carbocycles. The van der Waals surface area contributed by atoms with Crippen molar-refractivity contribution in [1.82, 2.24) is 10.3 Å². The van der Waals surface area contributed by atoms with Crippen molar-refractivity contribution in [3.05, 3.63) is 49.8 Å². The minimum atomic E-state index is -0.133. The largest absolute Gasteiger partial charge is 0.459 e. The Bertz CT molecular complexity index is 850. The number of rotatable bonds is 4. The van der Waals surface area contributed by atoms with Crippen LogP contribution in [0, 0.1) is 13.8 Å². The average Bonchev–Trinajstić information content (AvgIpc) is 3.19. The molecule has 3 rings (SSSR count). The van der Waals surface area contributed by atoms with Crippen molar-refractivity contribution in [2.45, 2.75) is 26.8 Å². The van der Waals surface area contributed by atoms with E-state index in [-0.39, 0.29) is 11.9 Å². The quantitative estimate of drug-likeness (QED) is 0.688. The Morgan fingerprint density at radius 1 is 1.26 bits per heavy atom. The Labute approximate surface area is 147 Å². The molecule has 1 N–H and O–H groups in total. The van der Waals surface area contributed by atoms with Crippen molar-refractivity contribution in [2.24, 2.45) is 0 Å². The first-order valence-electron chi connectivity index (χ1n) is 7.04. The number of halogens is 1. The van der Waals surface area contributed by atoms with Gasteiger partial charge in [-0.1, -0.05) is 11.6 Å². The molecule has 0 radical (unpaired) electrons. The lowest BCUT2D eigenvalue weighted by Crippen LogP contribution is -2.25. The maximum atomic E-state index is 12.5. The summed E-state index contributed by atoms with van der Waals surface area (Å²) in [5.41, 5.74) is 0.702. The summed E-state index contributed by atoms with van der Waals surface area (Å²) in [7, 11) is 0. The van der Waals surface area contributed by atoms with Crippen LogP contribution in [0.25, 0.3) is 10.8 Å². The van der Waals surface area contributed by atoms with Crippen LogP contribution in [0.1, 0.15) is 39.0 Å². The molecule has 120 valence electrons. The summed E-state index contributed by atoms with van der Waals surface area (Å²) in [6.45, 7) is 5.65. The highest BCUT2D eigenvalue weighted by Crippen LogP contribution is 2.30. The molecule has 0 fully saturated rings. The SMILES string of the molecule is Cc1ccc(-c2nc(C)c(C(=O)NC(C)c3ccc(Cl)s3)s2)o1. The summed E-state index contributed by atoms with van der Waals surface area (Å²) in [5, 5.41) is 3.70. The summed E-state index contributed by atoms with van der Waals surface area (Å²) in [6, 6.07) is 7.41. The molecule has 0 aromatic carbocycles. The normalized spacial score (nSPS) is 12.3. The van der Waals surface area contributed by atoms with Crippen LogP contribution >= 0.6 is 34.3 Å². The number of furan rings is 1. The van der Waals surface area contributed by atoms with Gasteiger partial charge in [-0.2, -0.15) is 0 Å². The average molecular weight is 367 g/mol. The third kappa shape index (κ3) is 3.49. The van der Waals surface area contributed by atoms with Gasteiger partial charge < -0.3 is 9.73 Å². The van der Waals surface area contributed by atoms with Crippen molar-refractivity contribution in [1.29, 1.82) is 0 Å². The number of carbonyl (C=O) groups excluding carboxylic acids is 1. The summed E-state index contributed by atoms with van der Waals surface area (Å²) >= 11 is 8.75. The minimum Gasteiger partial charge on any atom is -0.459 e. The van der Waals surface area contributed by atoms with Gasteiger partial charge in [0.05, 0.1) is 16.1 Å². The van der Waals surface area contributed by atoms with E-state index in [4.69, 9.17) is 16.0 Å². The zero-order chi connectivity index (χ0) is 16.6. The maximum absolute atomic E-state index is 12.5. The minimum absolute atomic E-state index is 0.101. The van der Waals surface area contributed by atoms with Gasteiger partial charge in [-0.3, -0.25) is 4.79 Å². The first kappa shape index (κ1) is 16.2. The zero-order valence-corrected chi connectivity index (χ0v) is 15.2. The van der Waals surface area contributed by atoms with E-state index in [9.17, 15) is 4.79 Å². The molecule has 0 saturated carbocycles. The van der Waals surface area contributed by atoms with E-state index in [2.05, 4.69) is 10.3 Å². The molecule has 23 heavy (non-hydrogen) atoms. The van der Waals surface area contributed by atoms with Crippen LogP contribution in [0.15, 0.2) is 28.7 Å². The highest BCUT2D eigenvalue weighted by atomic mass is 35.5. The van der Waals surface area contributed by atoms with Crippen molar-refractivity contribution in [2.75, 3.05) is 0 Å². The number of hydrogen-bond donors (Lipinski definition) is 1. The van der Waals surface area contributed by atoms with E-state index in [1.165, 1.54) is 22.7 Å². The second-order valence-corrected chi connectivity index (χ2v) is 7.93. The van der Waals surface area contributed by atoms with Crippen molar-refractivity contribution >= 4 is 40.2 Å². The molecule has 0 aliphatic heterocycles. The van der Waals surface area contributed by atoms with Gasteiger partial charge in [0.1, 0.15) is 10.6 Å². The van der Waals surface area contributed by atoms with Gasteiger partial charge in [0, 0.05) is 4.88 Å². The predicted molar refractivity (Wildman–Crippen MR) is 94.5 cm³/mol. The molecule has 0 saturated heterocycles. The predicted octanol–water partition coefficient (Wildman–Crippen LogP) is 5.23. The number of nitrogens with zero attached hydrogens (tertiary/aromatic N) is 1. The van der Waals surface area contributed by atoms with E-state index in [0.29, 0.717) is 25.7 Å². The Kier molecular flexibility index (Phi) is 4.57. The fourth-order valence-corrected chi connectivity index (χ4v) is 4.15. The molecule has 0 spiro atoms. The topological polar surface area (TPSA) is 55.1 Å². The van der Waals surface area contributed by atoms with Crippen LogP contribution in [0.5, 0.6) is 0 Å². The van der Waals surface area contributed by atoms with Crippen molar-refractivity contribution < 1.29 is 9.21 Å². The molecule has 3 aromatic heterocycles. The van der Waals surface area contributed by atoms with E-state index in [1.807, 2.05) is 45.0 Å². The Balaban J connectivity index is 1.78. The monoisotopic (exact) mass is 366 g/mol. The van der Waals surface area contributed by atoms with Gasteiger partial charge in [0.2, 0.25) is 0 Å². The molecule has 3 aromatic rings. The Morgan fingerprint density at radius 2 is 2.04 bits per heavy atom. The number of carbonyl (C=O) groups is 1. The highest BCUT2D eigenvalue weighted by Gasteiger charge is 2.20. The molecule has 7 heteroatoms. The van der Waals surface area contributed by atoms with E-state index < -0.39 is 0 Å². The smallest absolute Gasteiger partial charge is 0.263 e. The van der Waals surface area contributed by atoms with Gasteiger partial charge in [-0.15, -0.1) is 22.7 Å². The van der Waals surface area contributed by atoms with Gasteiger partial charge >= 0.3 is 0 Å². The van der Waals surface area contributed by atoms with Crippen molar-refractivity contribution in [3.8, 4) is 10.8 Å².